The zero-order valence-electron chi connectivity index (χ0n) is 11.7. The van der Waals surface area contributed by atoms with Gasteiger partial charge >= 0.3 is 0 Å². The molecule has 0 aliphatic heterocycles. The van der Waals surface area contributed by atoms with Gasteiger partial charge in [0.25, 0.3) is 5.89 Å². The van der Waals surface area contributed by atoms with Crippen molar-refractivity contribution < 1.29 is 4.52 Å². The van der Waals surface area contributed by atoms with Gasteiger partial charge in [0.05, 0.1) is 11.8 Å². The molecule has 0 fully saturated rings. The summed E-state index contributed by atoms with van der Waals surface area (Å²) in [6.07, 6.45) is 2.09. The average Bonchev–Trinajstić information content (AvgIpc) is 3.11. The lowest BCUT2D eigenvalue weighted by Gasteiger charge is -2.02. The SMILES string of the molecule is Cc1ccc(Cc2noc(-c3cn[nH]c3C#N)n2)cc1C. The van der Waals surface area contributed by atoms with Crippen molar-refractivity contribution in [3.8, 4) is 17.5 Å². The van der Waals surface area contributed by atoms with Crippen molar-refractivity contribution in [2.45, 2.75) is 20.3 Å². The summed E-state index contributed by atoms with van der Waals surface area (Å²) < 4.78 is 5.21. The first kappa shape index (κ1) is 13.1. The molecule has 0 aliphatic carbocycles. The fourth-order valence-electron chi connectivity index (χ4n) is 2.06. The van der Waals surface area contributed by atoms with E-state index in [2.05, 4.69) is 52.4 Å². The smallest absolute Gasteiger partial charge is 0.262 e. The van der Waals surface area contributed by atoms with Crippen LogP contribution in [0.2, 0.25) is 0 Å². The van der Waals surface area contributed by atoms with Gasteiger partial charge in [-0.2, -0.15) is 15.3 Å². The molecule has 0 atom stereocenters. The van der Waals surface area contributed by atoms with Crippen molar-refractivity contribution in [2.75, 3.05) is 0 Å². The molecule has 0 unspecified atom stereocenters. The molecule has 0 aliphatic rings. The number of rotatable bonds is 3. The number of nitrogens with one attached hydrogen (secondary N) is 1. The van der Waals surface area contributed by atoms with Crippen LogP contribution in [-0.4, -0.2) is 20.3 Å². The highest BCUT2D eigenvalue weighted by Gasteiger charge is 2.15. The molecule has 21 heavy (non-hydrogen) atoms. The molecule has 104 valence electrons. The number of aromatic amines is 1. The number of H-pyrrole nitrogens is 1. The van der Waals surface area contributed by atoms with Crippen molar-refractivity contribution in [1.82, 2.24) is 20.3 Å². The molecule has 1 aromatic carbocycles. The zero-order valence-corrected chi connectivity index (χ0v) is 11.7. The number of nitrogens with zero attached hydrogens (tertiary/aromatic N) is 4. The Morgan fingerprint density at radius 1 is 1.29 bits per heavy atom. The van der Waals surface area contributed by atoms with Gasteiger partial charge in [0, 0.05) is 6.42 Å². The highest BCUT2D eigenvalue weighted by Crippen LogP contribution is 2.20. The number of hydrogen-bond acceptors (Lipinski definition) is 5. The van der Waals surface area contributed by atoms with Crippen LogP contribution in [0.25, 0.3) is 11.5 Å². The van der Waals surface area contributed by atoms with E-state index in [-0.39, 0.29) is 0 Å². The Hall–Kier alpha value is -2.94. The molecule has 0 radical (unpaired) electrons. The average molecular weight is 279 g/mol. The molecule has 6 heteroatoms. The van der Waals surface area contributed by atoms with Crippen molar-refractivity contribution in [1.29, 1.82) is 5.26 Å². The van der Waals surface area contributed by atoms with Gasteiger partial charge in [-0.15, -0.1) is 0 Å². The maximum Gasteiger partial charge on any atom is 0.262 e. The summed E-state index contributed by atoms with van der Waals surface area (Å²) in [4.78, 5) is 4.32. The van der Waals surface area contributed by atoms with Gasteiger partial charge in [0.1, 0.15) is 11.8 Å². The Morgan fingerprint density at radius 3 is 2.90 bits per heavy atom. The molecule has 3 aromatic rings. The number of aryl methyl sites for hydroxylation is 2. The van der Waals surface area contributed by atoms with Gasteiger partial charge in [0.2, 0.25) is 0 Å². The van der Waals surface area contributed by atoms with Crippen LogP contribution in [0.4, 0.5) is 0 Å². The monoisotopic (exact) mass is 279 g/mol. The number of nitriles is 1. The predicted molar refractivity (Wildman–Crippen MR) is 75.3 cm³/mol. The minimum absolute atomic E-state index is 0.305. The van der Waals surface area contributed by atoms with Crippen molar-refractivity contribution >= 4 is 0 Å². The first-order valence-electron chi connectivity index (χ1n) is 6.50. The fraction of sp³-hybridized carbons (Fsp3) is 0.200. The molecule has 3 rings (SSSR count). The third-order valence-electron chi connectivity index (χ3n) is 3.38. The van der Waals surface area contributed by atoms with Crippen LogP contribution >= 0.6 is 0 Å². The van der Waals surface area contributed by atoms with Crippen LogP contribution in [0.5, 0.6) is 0 Å². The predicted octanol–water partition coefficient (Wildman–Crippen LogP) is 2.54. The second-order valence-corrected chi connectivity index (χ2v) is 4.88. The molecule has 0 saturated carbocycles. The summed E-state index contributed by atoms with van der Waals surface area (Å²) >= 11 is 0. The van der Waals surface area contributed by atoms with Crippen molar-refractivity contribution in [3.63, 3.8) is 0 Å². The van der Waals surface area contributed by atoms with Gasteiger partial charge in [-0.3, -0.25) is 5.10 Å². The van der Waals surface area contributed by atoms with E-state index < -0.39 is 0 Å². The van der Waals surface area contributed by atoms with Crippen LogP contribution in [0.15, 0.2) is 28.9 Å². The molecular weight excluding hydrogens is 266 g/mol. The number of hydrogen-bond donors (Lipinski definition) is 1. The lowest BCUT2D eigenvalue weighted by atomic mass is 10.0. The van der Waals surface area contributed by atoms with Crippen LogP contribution in [-0.2, 0) is 6.42 Å². The van der Waals surface area contributed by atoms with Crippen molar-refractivity contribution in [3.05, 3.63) is 52.6 Å². The maximum atomic E-state index is 8.96. The van der Waals surface area contributed by atoms with Gasteiger partial charge in [-0.1, -0.05) is 23.4 Å². The highest BCUT2D eigenvalue weighted by atomic mass is 16.5. The minimum Gasteiger partial charge on any atom is -0.334 e. The molecular formula is C15H13N5O. The fourth-order valence-corrected chi connectivity index (χ4v) is 2.06. The van der Waals surface area contributed by atoms with Crippen LogP contribution < -0.4 is 0 Å². The molecule has 0 amide bonds. The lowest BCUT2D eigenvalue weighted by molar-refractivity contribution is 0.424. The zero-order chi connectivity index (χ0) is 14.8. The maximum absolute atomic E-state index is 8.96. The van der Waals surface area contributed by atoms with Gasteiger partial charge in [0.15, 0.2) is 5.82 Å². The van der Waals surface area contributed by atoms with E-state index in [0.717, 1.165) is 5.56 Å². The minimum atomic E-state index is 0.305. The van der Waals surface area contributed by atoms with Crippen LogP contribution in [0.3, 0.4) is 0 Å². The molecule has 6 nitrogen and oxygen atoms in total. The molecule has 2 aromatic heterocycles. The van der Waals surface area contributed by atoms with E-state index in [1.165, 1.54) is 17.3 Å². The van der Waals surface area contributed by atoms with E-state index in [4.69, 9.17) is 9.78 Å². The Balaban J connectivity index is 1.85. The van der Waals surface area contributed by atoms with Gasteiger partial charge in [-0.25, -0.2) is 0 Å². The second-order valence-electron chi connectivity index (χ2n) is 4.88. The quantitative estimate of drug-likeness (QED) is 0.795. The third kappa shape index (κ3) is 2.54. The van der Waals surface area contributed by atoms with Crippen LogP contribution in [0, 0.1) is 25.2 Å². The summed E-state index contributed by atoms with van der Waals surface area (Å²) in [6, 6.07) is 8.25. The Labute approximate surface area is 121 Å². The topological polar surface area (TPSA) is 91.4 Å². The summed E-state index contributed by atoms with van der Waals surface area (Å²) in [6.45, 7) is 4.15. The van der Waals surface area contributed by atoms with E-state index in [1.54, 1.807) is 0 Å². The Morgan fingerprint density at radius 2 is 2.14 bits per heavy atom. The third-order valence-corrected chi connectivity index (χ3v) is 3.38. The van der Waals surface area contributed by atoms with E-state index in [1.807, 2.05) is 6.07 Å². The Kier molecular flexibility index (Phi) is 3.24. The summed E-state index contributed by atoms with van der Waals surface area (Å²) in [7, 11) is 0. The Bertz CT molecular complexity index is 825. The molecule has 1 N–H and O–H groups in total. The van der Waals surface area contributed by atoms with E-state index in [0.29, 0.717) is 29.4 Å². The van der Waals surface area contributed by atoms with Crippen LogP contribution in [0.1, 0.15) is 28.2 Å². The first-order chi connectivity index (χ1) is 10.2. The largest absolute Gasteiger partial charge is 0.334 e. The highest BCUT2D eigenvalue weighted by molar-refractivity contribution is 5.59. The number of benzene rings is 1. The molecule has 0 bridgehead atoms. The molecule has 2 heterocycles. The van der Waals surface area contributed by atoms with E-state index >= 15 is 0 Å². The summed E-state index contributed by atoms with van der Waals surface area (Å²) in [5.41, 5.74) is 4.45. The summed E-state index contributed by atoms with van der Waals surface area (Å²) in [5.74, 6) is 0.887. The van der Waals surface area contributed by atoms with Gasteiger partial charge in [-0.05, 0) is 30.5 Å². The van der Waals surface area contributed by atoms with E-state index in [9.17, 15) is 0 Å². The van der Waals surface area contributed by atoms with Crippen molar-refractivity contribution in [2.24, 2.45) is 0 Å². The second kappa shape index (κ2) is 5.21. The molecule has 0 saturated heterocycles. The first-order valence-corrected chi connectivity index (χ1v) is 6.50. The standard InChI is InChI=1S/C15H13N5O/c1-9-3-4-11(5-10(9)2)6-14-18-15(21-20-14)12-8-17-19-13(12)7-16/h3-5,8H,6H2,1-2H3,(H,17,19). The lowest BCUT2D eigenvalue weighted by Crippen LogP contribution is -1.92. The van der Waals surface area contributed by atoms with Gasteiger partial charge < -0.3 is 4.52 Å². The normalized spacial score (nSPS) is 10.5. The number of aromatic nitrogens is 4. The summed E-state index contributed by atoms with van der Waals surface area (Å²) in [5, 5.41) is 19.3. The molecule has 0 spiro atoms.